The number of β-amino-alcohol motifs (C(OH)–C–C–N with tert-alkyl or cyclic N) is 1. The van der Waals surface area contributed by atoms with Crippen LogP contribution in [0.1, 0.15) is 20.3 Å². The van der Waals surface area contributed by atoms with Gasteiger partial charge in [-0.1, -0.05) is 6.07 Å². The van der Waals surface area contributed by atoms with Gasteiger partial charge in [-0.05, 0) is 32.4 Å². The quantitative estimate of drug-likeness (QED) is 0.811. The van der Waals surface area contributed by atoms with Crippen molar-refractivity contribution in [3.05, 3.63) is 18.2 Å². The smallest absolute Gasteiger partial charge is 0.131 e. The first-order chi connectivity index (χ1) is 7.61. The number of anilines is 2. The minimum Gasteiger partial charge on any atom is -0.388 e. The van der Waals surface area contributed by atoms with Crippen molar-refractivity contribution in [2.24, 2.45) is 0 Å². The van der Waals surface area contributed by atoms with E-state index in [4.69, 9.17) is 0 Å². The molecule has 0 aliphatic carbocycles. The topological polar surface area (TPSA) is 48.4 Å². The fraction of sp³-hybridized carbons (Fsp3) is 0.583. The van der Waals surface area contributed by atoms with Crippen LogP contribution in [0.2, 0.25) is 0 Å². The Morgan fingerprint density at radius 2 is 2.38 bits per heavy atom. The van der Waals surface area contributed by atoms with Crippen LogP contribution in [0.4, 0.5) is 11.6 Å². The lowest BCUT2D eigenvalue weighted by molar-refractivity contribution is 0.0839. The highest BCUT2D eigenvalue weighted by Crippen LogP contribution is 2.25. The highest BCUT2D eigenvalue weighted by molar-refractivity contribution is 5.48. The summed E-state index contributed by atoms with van der Waals surface area (Å²) in [4.78, 5) is 6.64. The zero-order valence-electron chi connectivity index (χ0n) is 9.90. The summed E-state index contributed by atoms with van der Waals surface area (Å²) < 4.78 is 0. The molecule has 16 heavy (non-hydrogen) atoms. The highest BCUT2D eigenvalue weighted by Gasteiger charge is 2.31. The normalized spacial score (nSPS) is 24.8. The van der Waals surface area contributed by atoms with Gasteiger partial charge in [0.25, 0.3) is 0 Å². The number of rotatable bonds is 3. The number of nitrogens with zero attached hydrogens (tertiary/aromatic N) is 2. The second-order valence-corrected chi connectivity index (χ2v) is 4.58. The van der Waals surface area contributed by atoms with Crippen LogP contribution in [0.5, 0.6) is 0 Å². The van der Waals surface area contributed by atoms with Gasteiger partial charge in [-0.2, -0.15) is 0 Å². The molecule has 4 nitrogen and oxygen atoms in total. The van der Waals surface area contributed by atoms with Crippen LogP contribution in [0, 0.1) is 0 Å². The lowest BCUT2D eigenvalue weighted by Crippen LogP contribution is -2.30. The summed E-state index contributed by atoms with van der Waals surface area (Å²) in [6.07, 6.45) is 0.806. The number of hydrogen-bond donors (Lipinski definition) is 2. The monoisotopic (exact) mass is 221 g/mol. The maximum absolute atomic E-state index is 9.91. The fourth-order valence-corrected chi connectivity index (χ4v) is 2.02. The van der Waals surface area contributed by atoms with Crippen molar-refractivity contribution < 1.29 is 5.11 Å². The van der Waals surface area contributed by atoms with Gasteiger partial charge in [0.15, 0.2) is 0 Å². The lowest BCUT2D eigenvalue weighted by atomic mass is 10.1. The third-order valence-electron chi connectivity index (χ3n) is 2.87. The predicted octanol–water partition coefficient (Wildman–Crippen LogP) is 1.47. The Labute approximate surface area is 96.3 Å². The molecule has 1 unspecified atom stereocenters. The Bertz CT molecular complexity index is 365. The first-order valence-electron chi connectivity index (χ1n) is 5.79. The largest absolute Gasteiger partial charge is 0.388 e. The number of hydrogen-bond acceptors (Lipinski definition) is 4. The number of aromatic nitrogens is 1. The summed E-state index contributed by atoms with van der Waals surface area (Å²) in [7, 11) is 0. The van der Waals surface area contributed by atoms with E-state index in [0.29, 0.717) is 6.54 Å². The molecule has 1 aliphatic rings. The van der Waals surface area contributed by atoms with Crippen LogP contribution in [0.15, 0.2) is 18.2 Å². The summed E-state index contributed by atoms with van der Waals surface area (Å²) in [5.41, 5.74) is -0.574. The van der Waals surface area contributed by atoms with Crippen LogP contribution in [-0.4, -0.2) is 35.3 Å². The lowest BCUT2D eigenvalue weighted by Gasteiger charge is -2.20. The van der Waals surface area contributed by atoms with E-state index in [1.807, 2.05) is 25.1 Å². The molecule has 0 aromatic carbocycles. The maximum atomic E-state index is 9.91. The molecule has 0 amide bonds. The summed E-state index contributed by atoms with van der Waals surface area (Å²) in [5, 5.41) is 13.1. The molecule has 2 rings (SSSR count). The van der Waals surface area contributed by atoms with E-state index >= 15 is 0 Å². The van der Waals surface area contributed by atoms with Gasteiger partial charge in [0.1, 0.15) is 11.6 Å². The molecule has 1 atom stereocenters. The number of pyridine rings is 1. The molecule has 2 N–H and O–H groups in total. The van der Waals surface area contributed by atoms with Crippen molar-refractivity contribution in [1.82, 2.24) is 4.98 Å². The molecule has 4 heteroatoms. The van der Waals surface area contributed by atoms with Gasteiger partial charge in [0.2, 0.25) is 0 Å². The van der Waals surface area contributed by atoms with E-state index in [1.165, 1.54) is 0 Å². The minimum atomic E-state index is -0.574. The molecule has 1 fully saturated rings. The molecule has 88 valence electrons. The Morgan fingerprint density at radius 3 is 3.00 bits per heavy atom. The van der Waals surface area contributed by atoms with Crippen LogP contribution in [0.25, 0.3) is 0 Å². The molecule has 1 aliphatic heterocycles. The Morgan fingerprint density at radius 1 is 1.56 bits per heavy atom. The summed E-state index contributed by atoms with van der Waals surface area (Å²) in [6, 6.07) is 5.94. The third-order valence-corrected chi connectivity index (χ3v) is 2.87. The van der Waals surface area contributed by atoms with Gasteiger partial charge in [0, 0.05) is 19.6 Å². The Kier molecular flexibility index (Phi) is 3.01. The van der Waals surface area contributed by atoms with Crippen LogP contribution in [-0.2, 0) is 0 Å². The van der Waals surface area contributed by atoms with Crippen molar-refractivity contribution >= 4 is 11.6 Å². The van der Waals surface area contributed by atoms with Crippen molar-refractivity contribution in [3.63, 3.8) is 0 Å². The molecule has 1 aromatic heterocycles. The highest BCUT2D eigenvalue weighted by atomic mass is 16.3. The molecule has 0 bridgehead atoms. The van der Waals surface area contributed by atoms with Gasteiger partial charge < -0.3 is 15.3 Å². The molecule has 0 saturated carbocycles. The molecule has 1 aromatic rings. The maximum Gasteiger partial charge on any atom is 0.131 e. The average Bonchev–Trinajstić information content (AvgIpc) is 2.60. The minimum absolute atomic E-state index is 0.574. The second-order valence-electron chi connectivity index (χ2n) is 4.58. The molecule has 1 saturated heterocycles. The Hall–Kier alpha value is -1.29. The van der Waals surface area contributed by atoms with E-state index < -0.39 is 5.60 Å². The average molecular weight is 221 g/mol. The van der Waals surface area contributed by atoms with Crippen molar-refractivity contribution in [2.45, 2.75) is 25.9 Å². The second kappa shape index (κ2) is 4.29. The van der Waals surface area contributed by atoms with Crippen molar-refractivity contribution in [2.75, 3.05) is 29.9 Å². The van der Waals surface area contributed by atoms with E-state index in [1.54, 1.807) is 0 Å². The van der Waals surface area contributed by atoms with Crippen molar-refractivity contribution in [1.29, 1.82) is 0 Å². The molecular weight excluding hydrogens is 202 g/mol. The number of nitrogens with one attached hydrogen (secondary N) is 1. The van der Waals surface area contributed by atoms with Gasteiger partial charge >= 0.3 is 0 Å². The first kappa shape index (κ1) is 11.2. The summed E-state index contributed by atoms with van der Waals surface area (Å²) in [5.74, 6) is 1.84. The van der Waals surface area contributed by atoms with Crippen LogP contribution < -0.4 is 10.2 Å². The van der Waals surface area contributed by atoms with Gasteiger partial charge in [0.05, 0.1) is 5.60 Å². The van der Waals surface area contributed by atoms with Crippen LogP contribution in [0.3, 0.4) is 0 Å². The number of aliphatic hydroxyl groups is 1. The molecular formula is C12H19N3O. The molecule has 0 spiro atoms. The third kappa shape index (κ3) is 2.44. The summed E-state index contributed by atoms with van der Waals surface area (Å²) >= 11 is 0. The molecule has 2 heterocycles. The Balaban J connectivity index is 2.12. The van der Waals surface area contributed by atoms with E-state index in [0.717, 1.165) is 31.1 Å². The first-order valence-corrected chi connectivity index (χ1v) is 5.79. The fourth-order valence-electron chi connectivity index (χ4n) is 2.02. The van der Waals surface area contributed by atoms with Gasteiger partial charge in [-0.15, -0.1) is 0 Å². The van der Waals surface area contributed by atoms with Gasteiger partial charge in [-0.25, -0.2) is 4.98 Å². The predicted molar refractivity (Wildman–Crippen MR) is 65.9 cm³/mol. The molecule has 0 radical (unpaired) electrons. The van der Waals surface area contributed by atoms with Crippen molar-refractivity contribution in [3.8, 4) is 0 Å². The SMILES string of the molecule is CCNc1cccc(N2CCC(C)(O)C2)n1. The van der Waals surface area contributed by atoms with E-state index in [9.17, 15) is 5.11 Å². The zero-order valence-corrected chi connectivity index (χ0v) is 9.90. The van der Waals surface area contributed by atoms with E-state index in [2.05, 4.69) is 22.1 Å². The standard InChI is InChI=1S/C12H19N3O/c1-3-13-10-5-4-6-11(14-10)15-8-7-12(2,16)9-15/h4-6,16H,3,7-9H2,1-2H3,(H,13,14). The zero-order chi connectivity index (χ0) is 11.6. The van der Waals surface area contributed by atoms with Gasteiger partial charge in [-0.3, -0.25) is 0 Å². The summed E-state index contributed by atoms with van der Waals surface area (Å²) in [6.45, 7) is 6.33. The van der Waals surface area contributed by atoms with E-state index in [-0.39, 0.29) is 0 Å². The van der Waals surface area contributed by atoms with Crippen LogP contribution >= 0.6 is 0 Å².